The van der Waals surface area contributed by atoms with Gasteiger partial charge in [-0.15, -0.1) is 0 Å². The summed E-state index contributed by atoms with van der Waals surface area (Å²) in [6, 6.07) is 22.4. The zero-order valence-corrected chi connectivity index (χ0v) is 11.0. The number of benzene rings is 2. The molecule has 0 spiro atoms. The molecule has 2 aromatic carbocycles. The Bertz CT molecular complexity index is 476. The first kappa shape index (κ1) is 11.5. The normalized spacial score (nSPS) is 20.9. The predicted molar refractivity (Wildman–Crippen MR) is 75.8 cm³/mol. The molecule has 1 fully saturated rings. The molecule has 0 amide bonds. The van der Waals surface area contributed by atoms with E-state index in [-0.39, 0.29) is 5.41 Å². The molecule has 1 saturated carbocycles. The molecule has 3 rings (SSSR count). The maximum absolute atomic E-state index is 2.35. The lowest BCUT2D eigenvalue weighted by Crippen LogP contribution is -2.25. The molecule has 0 aromatic heterocycles. The summed E-state index contributed by atoms with van der Waals surface area (Å²) in [4.78, 5) is 2.35. The van der Waals surface area contributed by atoms with E-state index in [0.717, 1.165) is 0 Å². The van der Waals surface area contributed by atoms with Crippen LogP contribution < -0.4 is 0 Å². The summed E-state index contributed by atoms with van der Waals surface area (Å²) >= 11 is 0. The zero-order chi connectivity index (χ0) is 12.6. The van der Waals surface area contributed by atoms with Crippen molar-refractivity contribution < 1.29 is 0 Å². The lowest BCUT2D eigenvalue weighted by molar-refractivity contribution is 0.374. The minimum Gasteiger partial charge on any atom is -0.305 e. The third-order valence-electron chi connectivity index (χ3n) is 4.13. The van der Waals surface area contributed by atoms with E-state index in [1.165, 1.54) is 17.5 Å². The molecule has 2 aromatic rings. The molecule has 0 saturated heterocycles. The third-order valence-corrected chi connectivity index (χ3v) is 4.13. The second-order valence-electron chi connectivity index (χ2n) is 5.39. The Labute approximate surface area is 109 Å². The van der Waals surface area contributed by atoms with E-state index in [1.54, 1.807) is 0 Å². The Kier molecular flexibility index (Phi) is 2.71. The molecule has 1 heteroatoms. The first-order valence-corrected chi connectivity index (χ1v) is 6.52. The highest BCUT2D eigenvalue weighted by atomic mass is 15.2. The second kappa shape index (κ2) is 4.25. The SMILES string of the molecule is CN(C)C1CC1(c1ccccc1)c1ccccc1. The average Bonchev–Trinajstić information content (AvgIpc) is 3.18. The van der Waals surface area contributed by atoms with Crippen molar-refractivity contribution >= 4 is 0 Å². The molecule has 0 heterocycles. The van der Waals surface area contributed by atoms with E-state index in [4.69, 9.17) is 0 Å². The molecule has 0 aliphatic heterocycles. The van der Waals surface area contributed by atoms with Crippen LogP contribution in [0.25, 0.3) is 0 Å². The molecule has 1 atom stereocenters. The molecule has 1 nitrogen and oxygen atoms in total. The maximum Gasteiger partial charge on any atom is 0.0373 e. The topological polar surface area (TPSA) is 3.24 Å². The smallest absolute Gasteiger partial charge is 0.0373 e. The van der Waals surface area contributed by atoms with Gasteiger partial charge in [-0.3, -0.25) is 0 Å². The lowest BCUT2D eigenvalue weighted by atomic mass is 9.87. The molecular formula is C17H19N. The molecule has 0 radical (unpaired) electrons. The van der Waals surface area contributed by atoms with Crippen molar-refractivity contribution in [2.24, 2.45) is 0 Å². The molecule has 1 aliphatic rings. The fourth-order valence-corrected chi connectivity index (χ4v) is 3.13. The van der Waals surface area contributed by atoms with Gasteiger partial charge < -0.3 is 4.90 Å². The summed E-state index contributed by atoms with van der Waals surface area (Å²) in [7, 11) is 4.36. The molecule has 18 heavy (non-hydrogen) atoms. The van der Waals surface area contributed by atoms with Gasteiger partial charge in [0.1, 0.15) is 0 Å². The van der Waals surface area contributed by atoms with Crippen molar-refractivity contribution in [1.82, 2.24) is 4.90 Å². The van der Waals surface area contributed by atoms with Crippen LogP contribution in [0.4, 0.5) is 0 Å². The summed E-state index contributed by atoms with van der Waals surface area (Å²) in [6.07, 6.45) is 1.22. The fraction of sp³-hybridized carbons (Fsp3) is 0.294. The molecule has 0 N–H and O–H groups in total. The van der Waals surface area contributed by atoms with Crippen molar-refractivity contribution in [3.05, 3.63) is 71.8 Å². The number of nitrogens with zero attached hydrogens (tertiary/aromatic N) is 1. The lowest BCUT2D eigenvalue weighted by Gasteiger charge is -2.21. The summed E-state index contributed by atoms with van der Waals surface area (Å²) in [5.41, 5.74) is 3.08. The van der Waals surface area contributed by atoms with Crippen molar-refractivity contribution in [1.29, 1.82) is 0 Å². The minimum atomic E-state index is 0.200. The number of hydrogen-bond acceptors (Lipinski definition) is 1. The second-order valence-corrected chi connectivity index (χ2v) is 5.39. The van der Waals surface area contributed by atoms with Crippen LogP contribution in [0, 0.1) is 0 Å². The van der Waals surface area contributed by atoms with Gasteiger partial charge in [-0.05, 0) is 31.6 Å². The summed E-state index contributed by atoms with van der Waals surface area (Å²) in [6.45, 7) is 0. The van der Waals surface area contributed by atoms with Crippen molar-refractivity contribution in [3.8, 4) is 0 Å². The van der Waals surface area contributed by atoms with Crippen molar-refractivity contribution in [3.63, 3.8) is 0 Å². The Balaban J connectivity index is 2.08. The minimum absolute atomic E-state index is 0.200. The Morgan fingerprint density at radius 1 is 0.833 bits per heavy atom. The number of hydrogen-bond donors (Lipinski definition) is 0. The van der Waals surface area contributed by atoms with Crippen LogP contribution in [-0.2, 0) is 5.41 Å². The van der Waals surface area contributed by atoms with Gasteiger partial charge in [0.05, 0.1) is 0 Å². The summed E-state index contributed by atoms with van der Waals surface area (Å²) < 4.78 is 0. The molecule has 92 valence electrons. The number of rotatable bonds is 3. The van der Waals surface area contributed by atoms with Gasteiger partial charge in [0, 0.05) is 11.5 Å². The monoisotopic (exact) mass is 237 g/mol. The van der Waals surface area contributed by atoms with Gasteiger partial charge in [0.2, 0.25) is 0 Å². The third kappa shape index (κ3) is 1.67. The highest BCUT2D eigenvalue weighted by Crippen LogP contribution is 2.55. The molecule has 1 aliphatic carbocycles. The molecule has 1 unspecified atom stereocenters. The molecular weight excluding hydrogens is 218 g/mol. The van der Waals surface area contributed by atoms with Gasteiger partial charge in [-0.2, -0.15) is 0 Å². The van der Waals surface area contributed by atoms with Crippen LogP contribution >= 0.6 is 0 Å². The maximum atomic E-state index is 2.35. The van der Waals surface area contributed by atoms with E-state index < -0.39 is 0 Å². The van der Waals surface area contributed by atoms with E-state index >= 15 is 0 Å². The van der Waals surface area contributed by atoms with Gasteiger partial charge >= 0.3 is 0 Å². The predicted octanol–water partition coefficient (Wildman–Crippen LogP) is 3.31. The quantitative estimate of drug-likeness (QED) is 0.791. The van der Waals surface area contributed by atoms with Gasteiger partial charge in [-0.1, -0.05) is 60.7 Å². The Morgan fingerprint density at radius 2 is 1.28 bits per heavy atom. The van der Waals surface area contributed by atoms with E-state index in [1.807, 2.05) is 0 Å². The standard InChI is InChI=1S/C17H19N/c1-18(2)16-13-17(16,14-9-5-3-6-10-14)15-11-7-4-8-12-15/h3-12,16H,13H2,1-2H3. The first-order valence-electron chi connectivity index (χ1n) is 6.52. The van der Waals surface area contributed by atoms with Gasteiger partial charge in [0.15, 0.2) is 0 Å². The summed E-state index contributed by atoms with van der Waals surface area (Å²) in [5, 5.41) is 0. The van der Waals surface area contributed by atoms with Crippen LogP contribution in [0.2, 0.25) is 0 Å². The van der Waals surface area contributed by atoms with Crippen LogP contribution in [0.15, 0.2) is 60.7 Å². The largest absolute Gasteiger partial charge is 0.305 e. The van der Waals surface area contributed by atoms with Crippen molar-refractivity contribution in [2.75, 3.05) is 14.1 Å². The van der Waals surface area contributed by atoms with Crippen LogP contribution in [0.1, 0.15) is 17.5 Å². The Hall–Kier alpha value is -1.60. The fourth-order valence-electron chi connectivity index (χ4n) is 3.13. The van der Waals surface area contributed by atoms with E-state index in [9.17, 15) is 0 Å². The van der Waals surface area contributed by atoms with Crippen molar-refractivity contribution in [2.45, 2.75) is 17.9 Å². The number of likely N-dealkylation sites (N-methyl/N-ethyl adjacent to an activating group) is 1. The highest BCUT2D eigenvalue weighted by molar-refractivity contribution is 5.49. The average molecular weight is 237 g/mol. The molecule has 0 bridgehead atoms. The summed E-state index contributed by atoms with van der Waals surface area (Å²) in [5.74, 6) is 0. The Morgan fingerprint density at radius 3 is 1.61 bits per heavy atom. The zero-order valence-electron chi connectivity index (χ0n) is 11.0. The van der Waals surface area contributed by atoms with Crippen LogP contribution in [-0.4, -0.2) is 25.0 Å². The van der Waals surface area contributed by atoms with E-state index in [0.29, 0.717) is 6.04 Å². The van der Waals surface area contributed by atoms with Crippen LogP contribution in [0.5, 0.6) is 0 Å². The van der Waals surface area contributed by atoms with Gasteiger partial charge in [0.25, 0.3) is 0 Å². The highest BCUT2D eigenvalue weighted by Gasteiger charge is 2.57. The van der Waals surface area contributed by atoms with Gasteiger partial charge in [-0.25, -0.2) is 0 Å². The van der Waals surface area contributed by atoms with Crippen LogP contribution in [0.3, 0.4) is 0 Å². The van der Waals surface area contributed by atoms with E-state index in [2.05, 4.69) is 79.7 Å². The first-order chi connectivity index (χ1) is 8.75.